The third kappa shape index (κ3) is 3.68. The molecule has 1 aromatic heterocycles. The largest absolute Gasteiger partial charge is 0.399 e. The van der Waals surface area contributed by atoms with Gasteiger partial charge in [-0.05, 0) is 30.7 Å². The first-order valence-electron chi connectivity index (χ1n) is 8.46. The minimum absolute atomic E-state index is 0.00110. The highest BCUT2D eigenvalue weighted by molar-refractivity contribution is 5.95. The van der Waals surface area contributed by atoms with Crippen molar-refractivity contribution < 1.29 is 14.0 Å². The summed E-state index contributed by atoms with van der Waals surface area (Å²) in [6, 6.07) is 3.85. The Bertz CT molecular complexity index is 835. The van der Waals surface area contributed by atoms with Crippen molar-refractivity contribution in [2.75, 3.05) is 25.4 Å². The molecule has 0 radical (unpaired) electrons. The highest BCUT2D eigenvalue weighted by Crippen LogP contribution is 2.18. The third-order valence-electron chi connectivity index (χ3n) is 4.58. The first-order valence-corrected chi connectivity index (χ1v) is 8.46. The first kappa shape index (κ1) is 17.9. The van der Waals surface area contributed by atoms with Crippen LogP contribution in [0.4, 0.5) is 10.1 Å². The molecule has 26 heavy (non-hydrogen) atoms. The molecule has 7 nitrogen and oxygen atoms in total. The van der Waals surface area contributed by atoms with Crippen molar-refractivity contribution in [3.63, 3.8) is 0 Å². The molecule has 2 amide bonds. The van der Waals surface area contributed by atoms with E-state index >= 15 is 0 Å². The molecular weight excluding hydrogens is 337 g/mol. The van der Waals surface area contributed by atoms with E-state index in [1.165, 1.54) is 12.1 Å². The second-order valence-electron chi connectivity index (χ2n) is 6.63. The number of rotatable bonds is 3. The fraction of sp³-hybridized carbons (Fsp3) is 0.389. The van der Waals surface area contributed by atoms with Crippen molar-refractivity contribution in [3.05, 3.63) is 47.5 Å². The Morgan fingerprint density at radius 3 is 2.73 bits per heavy atom. The minimum Gasteiger partial charge on any atom is -0.399 e. The molecule has 1 fully saturated rings. The van der Waals surface area contributed by atoms with Crippen molar-refractivity contribution >= 4 is 17.5 Å². The predicted octanol–water partition coefficient (Wildman–Crippen LogP) is 1.06. The van der Waals surface area contributed by atoms with Crippen LogP contribution in [0.5, 0.6) is 0 Å². The second-order valence-corrected chi connectivity index (χ2v) is 6.63. The number of carbonyl (C=O) groups excluding carboxylic acids is 2. The lowest BCUT2D eigenvalue weighted by Gasteiger charge is -2.40. The van der Waals surface area contributed by atoms with Gasteiger partial charge in [-0.25, -0.2) is 4.39 Å². The van der Waals surface area contributed by atoms with Crippen LogP contribution in [-0.2, 0) is 18.3 Å². The SMILES string of the molecule is C[C@H]1CN(C(=O)Cc2cnn(C)c2)CCN1C(=O)c1ccc(N)cc1F. The lowest BCUT2D eigenvalue weighted by Crippen LogP contribution is -2.55. The molecule has 1 aliphatic heterocycles. The average Bonchev–Trinajstić information content (AvgIpc) is 2.99. The van der Waals surface area contributed by atoms with Gasteiger partial charge in [-0.3, -0.25) is 14.3 Å². The van der Waals surface area contributed by atoms with E-state index in [9.17, 15) is 14.0 Å². The standard InChI is InChI=1S/C18H22FN5O2/c1-12-10-23(17(25)7-13-9-21-22(2)11-13)5-6-24(12)18(26)15-4-3-14(20)8-16(15)19/h3-4,8-9,11-12H,5-7,10,20H2,1-2H3/t12-/m0/s1. The van der Waals surface area contributed by atoms with E-state index in [1.54, 1.807) is 27.7 Å². The molecule has 8 heteroatoms. The highest BCUT2D eigenvalue weighted by Gasteiger charge is 2.31. The number of nitrogen functional groups attached to an aromatic ring is 1. The van der Waals surface area contributed by atoms with Gasteiger partial charge < -0.3 is 15.5 Å². The van der Waals surface area contributed by atoms with E-state index in [4.69, 9.17) is 5.73 Å². The number of amides is 2. The van der Waals surface area contributed by atoms with Gasteiger partial charge in [-0.15, -0.1) is 0 Å². The number of aromatic nitrogens is 2. The lowest BCUT2D eigenvalue weighted by molar-refractivity contribution is -0.132. The molecule has 1 aromatic carbocycles. The van der Waals surface area contributed by atoms with E-state index in [2.05, 4.69) is 5.10 Å². The molecule has 0 spiro atoms. The Morgan fingerprint density at radius 2 is 2.12 bits per heavy atom. The van der Waals surface area contributed by atoms with Gasteiger partial charge in [-0.1, -0.05) is 0 Å². The van der Waals surface area contributed by atoms with Crippen molar-refractivity contribution in [2.45, 2.75) is 19.4 Å². The number of nitrogens with zero attached hydrogens (tertiary/aromatic N) is 4. The fourth-order valence-corrected chi connectivity index (χ4v) is 3.19. The molecule has 0 unspecified atom stereocenters. The summed E-state index contributed by atoms with van der Waals surface area (Å²) in [5.41, 5.74) is 6.67. The molecular formula is C18H22FN5O2. The summed E-state index contributed by atoms with van der Waals surface area (Å²) >= 11 is 0. The Kier molecular flexibility index (Phi) is 4.92. The summed E-state index contributed by atoms with van der Waals surface area (Å²) in [5.74, 6) is -1.01. The van der Waals surface area contributed by atoms with E-state index in [1.807, 2.05) is 13.1 Å². The van der Waals surface area contributed by atoms with Crippen LogP contribution in [0.2, 0.25) is 0 Å². The van der Waals surface area contributed by atoms with E-state index in [0.29, 0.717) is 19.6 Å². The molecule has 2 heterocycles. The minimum atomic E-state index is -0.628. The molecule has 1 aliphatic rings. The van der Waals surface area contributed by atoms with E-state index in [0.717, 1.165) is 11.6 Å². The Hall–Kier alpha value is -2.90. The molecule has 1 atom stereocenters. The molecule has 0 bridgehead atoms. The predicted molar refractivity (Wildman–Crippen MR) is 94.8 cm³/mol. The van der Waals surface area contributed by atoms with Gasteiger partial charge in [0.2, 0.25) is 5.91 Å². The maximum atomic E-state index is 14.0. The normalized spacial score (nSPS) is 17.4. The number of carbonyl (C=O) groups is 2. The van der Waals surface area contributed by atoms with Gasteiger partial charge in [-0.2, -0.15) is 5.10 Å². The Labute approximate surface area is 151 Å². The topological polar surface area (TPSA) is 84.5 Å². The van der Waals surface area contributed by atoms with E-state index in [-0.39, 0.29) is 35.5 Å². The van der Waals surface area contributed by atoms with Crippen LogP contribution in [0.15, 0.2) is 30.6 Å². The summed E-state index contributed by atoms with van der Waals surface area (Å²) < 4.78 is 15.7. The van der Waals surface area contributed by atoms with Crippen LogP contribution in [0.3, 0.4) is 0 Å². The summed E-state index contributed by atoms with van der Waals surface area (Å²) in [5, 5.41) is 4.06. The van der Waals surface area contributed by atoms with Crippen molar-refractivity contribution in [1.82, 2.24) is 19.6 Å². The molecule has 1 saturated heterocycles. The first-order chi connectivity index (χ1) is 12.3. The molecule has 2 aromatic rings. The second kappa shape index (κ2) is 7.15. The Morgan fingerprint density at radius 1 is 1.35 bits per heavy atom. The molecule has 2 N–H and O–H groups in total. The summed E-state index contributed by atoms with van der Waals surface area (Å²) in [7, 11) is 1.80. The maximum absolute atomic E-state index is 14.0. The lowest BCUT2D eigenvalue weighted by atomic mass is 10.1. The number of anilines is 1. The van der Waals surface area contributed by atoms with Crippen LogP contribution >= 0.6 is 0 Å². The van der Waals surface area contributed by atoms with Gasteiger partial charge in [0.1, 0.15) is 5.82 Å². The number of halogens is 1. The van der Waals surface area contributed by atoms with Gasteiger partial charge >= 0.3 is 0 Å². The third-order valence-corrected chi connectivity index (χ3v) is 4.58. The van der Waals surface area contributed by atoms with Crippen molar-refractivity contribution in [3.8, 4) is 0 Å². The monoisotopic (exact) mass is 359 g/mol. The van der Waals surface area contributed by atoms with Gasteiger partial charge in [0.15, 0.2) is 0 Å². The highest BCUT2D eigenvalue weighted by atomic mass is 19.1. The number of piperazine rings is 1. The number of hydrogen-bond acceptors (Lipinski definition) is 4. The van der Waals surface area contributed by atoms with Gasteiger partial charge in [0.05, 0.1) is 18.2 Å². The van der Waals surface area contributed by atoms with Crippen molar-refractivity contribution in [1.29, 1.82) is 0 Å². The Balaban J connectivity index is 1.64. The quantitative estimate of drug-likeness (QED) is 0.831. The van der Waals surface area contributed by atoms with Crippen LogP contribution in [0, 0.1) is 5.82 Å². The maximum Gasteiger partial charge on any atom is 0.257 e. The molecule has 0 aliphatic carbocycles. The smallest absolute Gasteiger partial charge is 0.257 e. The number of nitrogens with two attached hydrogens (primary N) is 1. The zero-order chi connectivity index (χ0) is 18.8. The van der Waals surface area contributed by atoms with E-state index < -0.39 is 5.82 Å². The fourth-order valence-electron chi connectivity index (χ4n) is 3.19. The molecule has 3 rings (SSSR count). The van der Waals surface area contributed by atoms with Crippen molar-refractivity contribution in [2.24, 2.45) is 7.05 Å². The van der Waals surface area contributed by atoms with Crippen LogP contribution in [-0.4, -0.2) is 57.1 Å². The summed E-state index contributed by atoms with van der Waals surface area (Å²) in [6.45, 7) is 3.06. The number of benzene rings is 1. The zero-order valence-electron chi connectivity index (χ0n) is 14.9. The number of hydrogen-bond donors (Lipinski definition) is 1. The molecule has 138 valence electrons. The summed E-state index contributed by atoms with van der Waals surface area (Å²) in [4.78, 5) is 28.5. The number of aryl methyl sites for hydroxylation is 1. The van der Waals surface area contributed by atoms with Crippen LogP contribution < -0.4 is 5.73 Å². The average molecular weight is 359 g/mol. The molecule has 0 saturated carbocycles. The zero-order valence-corrected chi connectivity index (χ0v) is 14.9. The van der Waals surface area contributed by atoms with Gasteiger partial charge in [0, 0.05) is 44.6 Å². The van der Waals surface area contributed by atoms with Crippen LogP contribution in [0.25, 0.3) is 0 Å². The van der Waals surface area contributed by atoms with Gasteiger partial charge in [0.25, 0.3) is 5.91 Å². The van der Waals surface area contributed by atoms with Crippen LogP contribution in [0.1, 0.15) is 22.8 Å². The summed E-state index contributed by atoms with van der Waals surface area (Å²) in [6.07, 6.45) is 3.76.